The zero-order chi connectivity index (χ0) is 43.5. The zero-order valence-corrected chi connectivity index (χ0v) is 37.7. The van der Waals surface area contributed by atoms with Crippen molar-refractivity contribution in [1.82, 2.24) is 4.98 Å². The number of aromatic hydroxyl groups is 2. The lowest BCUT2D eigenvalue weighted by Gasteiger charge is -2.57. The molecule has 1 heterocycles. The Balaban J connectivity index is 1.06. The quantitative estimate of drug-likeness (QED) is 0.155. The molecule has 12 rings (SSSR count). The van der Waals surface area contributed by atoms with E-state index in [-0.39, 0.29) is 46.3 Å². The predicted octanol–water partition coefficient (Wildman–Crippen LogP) is 15.1. The van der Waals surface area contributed by atoms with Crippen molar-refractivity contribution in [2.24, 2.45) is 41.4 Å². The highest BCUT2D eigenvalue weighted by molar-refractivity contribution is 5.90. The van der Waals surface area contributed by atoms with Gasteiger partial charge < -0.3 is 14.9 Å². The molecule has 4 nitrogen and oxygen atoms in total. The number of phenolic OH excluding ortho intramolecular Hbond substituents is 2. The Labute approximate surface area is 372 Å². The van der Waals surface area contributed by atoms with E-state index in [1.54, 1.807) is 19.2 Å². The highest BCUT2D eigenvalue weighted by Gasteiger charge is 2.53. The Hall–Kier alpha value is -4.71. The molecule has 5 unspecified atom stereocenters. The monoisotopic (exact) mass is 847 g/mol. The molecule has 0 aliphatic heterocycles. The molecule has 2 N–H and O–H groups in total. The van der Waals surface area contributed by atoms with Crippen LogP contribution in [0.15, 0.2) is 72.8 Å². The van der Waals surface area contributed by atoms with Gasteiger partial charge in [-0.2, -0.15) is 0 Å². The Morgan fingerprint density at radius 1 is 0.571 bits per heavy atom. The summed E-state index contributed by atoms with van der Waals surface area (Å²) in [7, 11) is 1.65. The van der Waals surface area contributed by atoms with Gasteiger partial charge in [0.05, 0.1) is 18.5 Å². The fourth-order valence-corrected chi connectivity index (χ4v) is 14.9. The molecule has 7 saturated carbocycles. The van der Waals surface area contributed by atoms with Gasteiger partial charge >= 0.3 is 0 Å². The maximum atomic E-state index is 16.1. The fraction of sp³-hybridized carbons (Fsp3) is 0.491. The summed E-state index contributed by atoms with van der Waals surface area (Å²) in [5.74, 6) is 5.34. The molecule has 6 heteroatoms. The molecule has 7 aliphatic rings. The van der Waals surface area contributed by atoms with E-state index in [9.17, 15) is 10.2 Å². The number of aromatic nitrogens is 1. The SMILES string of the molecule is COc1cc(-c2cc(C(C)C)ccc2-c2cc(F)cc(C3CC4CC5CCC3C(C5)C4)c2O)nc(-c2cc(C(C)C)ccc2-c2cc(F)cc(C34CC5CC(CC(C5)C3)C4)c2O)c1. The van der Waals surface area contributed by atoms with Crippen LogP contribution in [-0.2, 0) is 5.41 Å². The van der Waals surface area contributed by atoms with Crippen LogP contribution >= 0.6 is 0 Å². The van der Waals surface area contributed by atoms with Crippen LogP contribution in [0, 0.1) is 53.1 Å². The van der Waals surface area contributed by atoms with E-state index in [1.165, 1.54) is 57.1 Å². The number of ether oxygens (including phenoxy) is 1. The molecule has 7 bridgehead atoms. The Bertz CT molecular complexity index is 2570. The molecule has 5 atom stereocenters. The number of nitrogens with zero attached hydrogens (tertiary/aromatic N) is 1. The topological polar surface area (TPSA) is 62.6 Å². The molecular formula is C57H63F2NO3. The van der Waals surface area contributed by atoms with Crippen molar-refractivity contribution in [1.29, 1.82) is 0 Å². The van der Waals surface area contributed by atoms with Crippen LogP contribution in [0.1, 0.15) is 145 Å². The first-order valence-corrected chi connectivity index (χ1v) is 24.2. The second-order valence-corrected chi connectivity index (χ2v) is 21.9. The smallest absolute Gasteiger partial charge is 0.127 e. The molecule has 7 fully saturated rings. The van der Waals surface area contributed by atoms with Crippen LogP contribution in [0.5, 0.6) is 17.2 Å². The number of hydrogen-bond acceptors (Lipinski definition) is 4. The first-order chi connectivity index (χ1) is 30.3. The van der Waals surface area contributed by atoms with Crippen molar-refractivity contribution < 1.29 is 23.7 Å². The van der Waals surface area contributed by atoms with Gasteiger partial charge in [0.25, 0.3) is 0 Å². The lowest BCUT2D eigenvalue weighted by Crippen LogP contribution is -2.48. The molecule has 0 spiro atoms. The second kappa shape index (κ2) is 15.5. The van der Waals surface area contributed by atoms with Crippen LogP contribution in [0.4, 0.5) is 8.78 Å². The van der Waals surface area contributed by atoms with Crippen molar-refractivity contribution in [3.63, 3.8) is 0 Å². The van der Waals surface area contributed by atoms with Gasteiger partial charge in [0.15, 0.2) is 0 Å². The largest absolute Gasteiger partial charge is 0.507 e. The van der Waals surface area contributed by atoms with Gasteiger partial charge in [-0.05, 0) is 194 Å². The average Bonchev–Trinajstić information content (AvgIpc) is 3.25. The van der Waals surface area contributed by atoms with Crippen molar-refractivity contribution in [2.75, 3.05) is 7.11 Å². The number of pyridine rings is 1. The summed E-state index contributed by atoms with van der Waals surface area (Å²) in [6.45, 7) is 8.62. The highest BCUT2D eigenvalue weighted by atomic mass is 19.1. The number of rotatable bonds is 9. The summed E-state index contributed by atoms with van der Waals surface area (Å²) in [6.07, 6.45) is 14.0. The molecule has 7 aliphatic carbocycles. The minimum absolute atomic E-state index is 0.138. The van der Waals surface area contributed by atoms with Crippen molar-refractivity contribution in [3.8, 4) is 62.0 Å². The van der Waals surface area contributed by atoms with Crippen LogP contribution < -0.4 is 4.74 Å². The molecule has 4 aromatic carbocycles. The van der Waals surface area contributed by atoms with Gasteiger partial charge in [0.1, 0.15) is 28.9 Å². The molecule has 0 radical (unpaired) electrons. The maximum Gasteiger partial charge on any atom is 0.127 e. The van der Waals surface area contributed by atoms with Crippen molar-refractivity contribution >= 4 is 0 Å². The highest BCUT2D eigenvalue weighted by Crippen LogP contribution is 2.63. The lowest BCUT2D eigenvalue weighted by molar-refractivity contribution is -0.00623. The van der Waals surface area contributed by atoms with Gasteiger partial charge in [0.2, 0.25) is 0 Å². The minimum Gasteiger partial charge on any atom is -0.507 e. The van der Waals surface area contributed by atoms with Crippen LogP contribution in [0.25, 0.3) is 44.8 Å². The maximum absolute atomic E-state index is 16.1. The Kier molecular flexibility index (Phi) is 10.1. The van der Waals surface area contributed by atoms with Crippen molar-refractivity contribution in [2.45, 2.75) is 128 Å². The van der Waals surface area contributed by atoms with E-state index >= 15 is 8.78 Å². The third-order valence-corrected chi connectivity index (χ3v) is 17.3. The molecule has 1 aromatic heterocycles. The average molecular weight is 848 g/mol. The first kappa shape index (κ1) is 41.0. The van der Waals surface area contributed by atoms with Crippen LogP contribution in [0.2, 0.25) is 0 Å². The van der Waals surface area contributed by atoms with E-state index in [2.05, 4.69) is 52.0 Å². The van der Waals surface area contributed by atoms with E-state index < -0.39 is 0 Å². The Morgan fingerprint density at radius 2 is 1.11 bits per heavy atom. The van der Waals surface area contributed by atoms with Gasteiger partial charge in [-0.3, -0.25) is 0 Å². The zero-order valence-electron chi connectivity index (χ0n) is 37.7. The minimum atomic E-state index is -0.335. The fourth-order valence-electron chi connectivity index (χ4n) is 14.9. The van der Waals surface area contributed by atoms with E-state index in [0.717, 1.165) is 71.4 Å². The molecule has 63 heavy (non-hydrogen) atoms. The summed E-state index contributed by atoms with van der Waals surface area (Å²) in [5, 5.41) is 24.8. The van der Waals surface area contributed by atoms with Gasteiger partial charge in [-0.25, -0.2) is 13.8 Å². The van der Waals surface area contributed by atoms with Gasteiger partial charge in [-0.1, -0.05) is 58.4 Å². The normalized spacial score (nSPS) is 29.2. The third-order valence-electron chi connectivity index (χ3n) is 17.3. The summed E-state index contributed by atoms with van der Waals surface area (Å²) < 4.78 is 38.3. The summed E-state index contributed by atoms with van der Waals surface area (Å²) in [4.78, 5) is 5.43. The summed E-state index contributed by atoms with van der Waals surface area (Å²) >= 11 is 0. The van der Waals surface area contributed by atoms with Gasteiger partial charge in [0, 0.05) is 45.5 Å². The number of phenols is 2. The molecule has 0 amide bonds. The molecule has 0 saturated heterocycles. The number of methoxy groups -OCH3 is 1. The number of fused-ring (bicyclic) bond motifs is 2. The molecule has 5 aromatic rings. The first-order valence-electron chi connectivity index (χ1n) is 24.2. The van der Waals surface area contributed by atoms with E-state index in [1.807, 2.05) is 24.3 Å². The van der Waals surface area contributed by atoms with Crippen LogP contribution in [-0.4, -0.2) is 22.3 Å². The number of hydrogen-bond donors (Lipinski definition) is 2. The number of halogens is 2. The Morgan fingerprint density at radius 3 is 1.68 bits per heavy atom. The third kappa shape index (κ3) is 7.08. The number of benzene rings is 4. The summed E-state index contributed by atoms with van der Waals surface area (Å²) in [6, 6.07) is 22.5. The molecule has 328 valence electrons. The second-order valence-electron chi connectivity index (χ2n) is 21.9. The predicted molar refractivity (Wildman–Crippen MR) is 248 cm³/mol. The van der Waals surface area contributed by atoms with E-state index in [4.69, 9.17) is 9.72 Å². The lowest BCUT2D eigenvalue weighted by atomic mass is 9.48. The van der Waals surface area contributed by atoms with E-state index in [0.29, 0.717) is 74.9 Å². The standard InChI is InChI=1S/C57H63F2NO3/c1-30(2)37-7-10-44(49-21-40(58)22-51(55(49)61)46-18-33-12-32-6-9-43(46)39(16-32)17-33)47(19-37)53-25-42(63-5)26-54(60-53)48-20-38(31(3)4)8-11-45(48)50-23-41(59)24-52(56(50)62)57-27-34-13-35(28-57)15-36(14-34)29-57/h7-8,10-11,19-26,30-36,39,43,46,61-62H,6,9,12-18,27-29H2,1-5H3. The summed E-state index contributed by atoms with van der Waals surface area (Å²) in [5.41, 5.74) is 8.68. The van der Waals surface area contributed by atoms with Gasteiger partial charge in [-0.15, -0.1) is 0 Å². The molecular weight excluding hydrogens is 785 g/mol. The van der Waals surface area contributed by atoms with Crippen LogP contribution in [0.3, 0.4) is 0 Å². The van der Waals surface area contributed by atoms with Crippen molar-refractivity contribution in [3.05, 3.63) is 107 Å².